The molecule has 1 heterocycles. The molecular weight excluding hydrogens is 266 g/mol. The van der Waals surface area contributed by atoms with Crippen molar-refractivity contribution in [2.75, 3.05) is 45.9 Å². The van der Waals surface area contributed by atoms with Gasteiger partial charge in [-0.15, -0.1) is 0 Å². The van der Waals surface area contributed by atoms with Gasteiger partial charge >= 0.3 is 0 Å². The van der Waals surface area contributed by atoms with Crippen molar-refractivity contribution in [2.24, 2.45) is 5.92 Å². The molecule has 5 heteroatoms. The third-order valence-electron chi connectivity index (χ3n) is 4.92. The van der Waals surface area contributed by atoms with Gasteiger partial charge in [0.2, 0.25) is 5.91 Å². The molecule has 0 aromatic heterocycles. The fraction of sp³-hybridized carbons (Fsp3) is 0.938. The molecule has 0 aromatic rings. The molecule has 0 aromatic carbocycles. The van der Waals surface area contributed by atoms with Crippen LogP contribution < -0.4 is 5.32 Å². The molecule has 1 aliphatic heterocycles. The summed E-state index contributed by atoms with van der Waals surface area (Å²) >= 11 is 0. The van der Waals surface area contributed by atoms with Crippen molar-refractivity contribution in [1.29, 1.82) is 0 Å². The number of hydrogen-bond acceptors (Lipinski definition) is 4. The van der Waals surface area contributed by atoms with Crippen LogP contribution in [-0.2, 0) is 4.79 Å². The van der Waals surface area contributed by atoms with Crippen molar-refractivity contribution >= 4 is 5.91 Å². The predicted octanol–water partition coefficient (Wildman–Crippen LogP) is 0.681. The van der Waals surface area contributed by atoms with Gasteiger partial charge in [-0.3, -0.25) is 14.6 Å². The van der Waals surface area contributed by atoms with Crippen LogP contribution in [0.25, 0.3) is 0 Å². The molecule has 0 radical (unpaired) electrons. The second-order valence-electron chi connectivity index (χ2n) is 6.63. The Morgan fingerprint density at radius 1 is 1.10 bits per heavy atom. The molecule has 0 spiro atoms. The summed E-state index contributed by atoms with van der Waals surface area (Å²) in [4.78, 5) is 16.8. The first kappa shape index (κ1) is 16.7. The standard InChI is InChI=1S/C16H31N3O2/c1-14-5-2-3-6-15(14)17-16(21)13-19-8-4-7-18(9-10-19)11-12-20/h14-15,20H,2-13H2,1H3,(H,17,21). The fourth-order valence-corrected chi connectivity index (χ4v) is 3.53. The molecule has 2 aliphatic rings. The van der Waals surface area contributed by atoms with Gasteiger partial charge < -0.3 is 10.4 Å². The SMILES string of the molecule is CC1CCCCC1NC(=O)CN1CCCN(CCO)CC1. The van der Waals surface area contributed by atoms with Crippen molar-refractivity contribution in [1.82, 2.24) is 15.1 Å². The van der Waals surface area contributed by atoms with Crippen molar-refractivity contribution in [3.05, 3.63) is 0 Å². The van der Waals surface area contributed by atoms with Gasteiger partial charge in [-0.2, -0.15) is 0 Å². The van der Waals surface area contributed by atoms with Crippen LogP contribution in [0.1, 0.15) is 39.0 Å². The minimum atomic E-state index is 0.185. The van der Waals surface area contributed by atoms with E-state index in [1.807, 2.05) is 0 Å². The summed E-state index contributed by atoms with van der Waals surface area (Å²) in [6.07, 6.45) is 6.00. The number of β-amino-alcohol motifs (C(OH)–C–C–N with tert-alkyl or cyclic N) is 1. The van der Waals surface area contributed by atoms with E-state index in [0.717, 1.165) is 45.6 Å². The maximum Gasteiger partial charge on any atom is 0.234 e. The van der Waals surface area contributed by atoms with E-state index >= 15 is 0 Å². The summed E-state index contributed by atoms with van der Waals surface area (Å²) in [6, 6.07) is 0.379. The minimum Gasteiger partial charge on any atom is -0.395 e. The number of carbonyl (C=O) groups excluding carboxylic acids is 1. The van der Waals surface area contributed by atoms with E-state index in [1.165, 1.54) is 19.3 Å². The Bertz CT molecular complexity index is 325. The zero-order valence-electron chi connectivity index (χ0n) is 13.4. The Hall–Kier alpha value is -0.650. The van der Waals surface area contributed by atoms with Crippen molar-refractivity contribution < 1.29 is 9.90 Å². The topological polar surface area (TPSA) is 55.8 Å². The number of aliphatic hydroxyl groups excluding tert-OH is 1. The van der Waals surface area contributed by atoms with Crippen molar-refractivity contribution in [2.45, 2.75) is 45.1 Å². The lowest BCUT2D eigenvalue weighted by Gasteiger charge is -2.30. The first-order chi connectivity index (χ1) is 10.2. The van der Waals surface area contributed by atoms with Crippen molar-refractivity contribution in [3.63, 3.8) is 0 Å². The van der Waals surface area contributed by atoms with Gasteiger partial charge in [-0.1, -0.05) is 19.8 Å². The fourth-order valence-electron chi connectivity index (χ4n) is 3.53. The molecule has 21 heavy (non-hydrogen) atoms. The molecule has 2 N–H and O–H groups in total. The van der Waals surface area contributed by atoms with Gasteiger partial charge in [0.05, 0.1) is 13.2 Å². The number of carbonyl (C=O) groups is 1. The summed E-state index contributed by atoms with van der Waals surface area (Å²) in [7, 11) is 0. The second-order valence-corrected chi connectivity index (χ2v) is 6.63. The summed E-state index contributed by atoms with van der Waals surface area (Å²) in [5, 5.41) is 12.2. The number of nitrogens with one attached hydrogen (secondary N) is 1. The molecule has 2 atom stereocenters. The van der Waals surface area contributed by atoms with Crippen LogP contribution in [0, 0.1) is 5.92 Å². The van der Waals surface area contributed by atoms with E-state index in [0.29, 0.717) is 18.5 Å². The summed E-state index contributed by atoms with van der Waals surface area (Å²) in [6.45, 7) is 7.63. The number of hydrogen-bond donors (Lipinski definition) is 2. The molecule has 2 rings (SSSR count). The Kier molecular flexibility index (Phi) is 6.93. The highest BCUT2D eigenvalue weighted by Crippen LogP contribution is 2.23. The van der Waals surface area contributed by atoms with Gasteiger partial charge in [0.25, 0.3) is 0 Å². The quantitative estimate of drug-likeness (QED) is 0.784. The molecule has 122 valence electrons. The molecule has 1 amide bonds. The average molecular weight is 297 g/mol. The third kappa shape index (κ3) is 5.57. The molecule has 1 saturated heterocycles. The first-order valence-corrected chi connectivity index (χ1v) is 8.54. The average Bonchev–Trinajstić information content (AvgIpc) is 2.67. The van der Waals surface area contributed by atoms with E-state index < -0.39 is 0 Å². The van der Waals surface area contributed by atoms with Crippen LogP contribution in [-0.4, -0.2) is 72.7 Å². The lowest BCUT2D eigenvalue weighted by Crippen LogP contribution is -2.46. The highest BCUT2D eigenvalue weighted by molar-refractivity contribution is 5.78. The molecule has 2 unspecified atom stereocenters. The van der Waals surface area contributed by atoms with Crippen LogP contribution >= 0.6 is 0 Å². The normalized spacial score (nSPS) is 29.0. The predicted molar refractivity (Wildman–Crippen MR) is 84.1 cm³/mol. The zero-order valence-corrected chi connectivity index (χ0v) is 13.4. The minimum absolute atomic E-state index is 0.185. The van der Waals surface area contributed by atoms with Crippen LogP contribution in [0.5, 0.6) is 0 Å². The molecule has 1 aliphatic carbocycles. The summed E-state index contributed by atoms with van der Waals surface area (Å²) in [5.41, 5.74) is 0. The first-order valence-electron chi connectivity index (χ1n) is 8.54. The lowest BCUT2D eigenvalue weighted by molar-refractivity contribution is -0.123. The molecule has 2 fully saturated rings. The monoisotopic (exact) mass is 297 g/mol. The zero-order chi connectivity index (χ0) is 15.1. The van der Waals surface area contributed by atoms with Gasteiger partial charge in [0.15, 0.2) is 0 Å². The number of aliphatic hydroxyl groups is 1. The maximum absolute atomic E-state index is 12.2. The number of rotatable bonds is 5. The Balaban J connectivity index is 1.72. The Morgan fingerprint density at radius 3 is 2.57 bits per heavy atom. The van der Waals surface area contributed by atoms with Gasteiger partial charge in [-0.05, 0) is 38.3 Å². The highest BCUT2D eigenvalue weighted by atomic mass is 16.3. The second kappa shape index (κ2) is 8.71. The van der Waals surface area contributed by atoms with E-state index in [4.69, 9.17) is 5.11 Å². The van der Waals surface area contributed by atoms with Gasteiger partial charge in [0, 0.05) is 25.7 Å². The van der Waals surface area contributed by atoms with E-state index in [-0.39, 0.29) is 12.5 Å². The van der Waals surface area contributed by atoms with Gasteiger partial charge in [0.1, 0.15) is 0 Å². The van der Waals surface area contributed by atoms with Crippen LogP contribution in [0.2, 0.25) is 0 Å². The van der Waals surface area contributed by atoms with Gasteiger partial charge in [-0.25, -0.2) is 0 Å². The summed E-state index contributed by atoms with van der Waals surface area (Å²) in [5.74, 6) is 0.802. The van der Waals surface area contributed by atoms with Crippen LogP contribution in [0.4, 0.5) is 0 Å². The number of amides is 1. The Morgan fingerprint density at radius 2 is 1.81 bits per heavy atom. The third-order valence-corrected chi connectivity index (χ3v) is 4.92. The molecule has 1 saturated carbocycles. The summed E-state index contributed by atoms with van der Waals surface area (Å²) < 4.78 is 0. The molecule has 0 bridgehead atoms. The Labute approximate surface area is 128 Å². The lowest BCUT2D eigenvalue weighted by atomic mass is 9.86. The highest BCUT2D eigenvalue weighted by Gasteiger charge is 2.24. The van der Waals surface area contributed by atoms with Crippen LogP contribution in [0.3, 0.4) is 0 Å². The van der Waals surface area contributed by atoms with Crippen LogP contribution in [0.15, 0.2) is 0 Å². The van der Waals surface area contributed by atoms with E-state index in [9.17, 15) is 4.79 Å². The maximum atomic E-state index is 12.2. The molecule has 5 nitrogen and oxygen atoms in total. The molecular formula is C16H31N3O2. The van der Waals surface area contributed by atoms with E-state index in [2.05, 4.69) is 22.0 Å². The largest absolute Gasteiger partial charge is 0.395 e. The van der Waals surface area contributed by atoms with E-state index in [1.54, 1.807) is 0 Å². The number of nitrogens with zero attached hydrogens (tertiary/aromatic N) is 2. The smallest absolute Gasteiger partial charge is 0.234 e. The van der Waals surface area contributed by atoms with Crippen molar-refractivity contribution in [3.8, 4) is 0 Å².